The number of unbranched alkanes of at least 4 members (excludes halogenated alkanes) is 22. The second-order valence-electron chi connectivity index (χ2n) is 17.6. The van der Waals surface area contributed by atoms with Gasteiger partial charge in [0.2, 0.25) is 5.91 Å². The van der Waals surface area contributed by atoms with E-state index < -0.39 is 18.2 Å². The highest BCUT2D eigenvalue weighted by atomic mass is 16.5. The third-order valence-corrected chi connectivity index (χ3v) is 11.5. The molecule has 6 nitrogen and oxygen atoms in total. The fourth-order valence-corrected chi connectivity index (χ4v) is 7.48. The van der Waals surface area contributed by atoms with Gasteiger partial charge in [-0.25, -0.2) is 0 Å². The molecule has 3 unspecified atom stereocenters. The molecule has 0 aromatic rings. The zero-order valence-corrected chi connectivity index (χ0v) is 41.6. The van der Waals surface area contributed by atoms with E-state index in [0.717, 1.165) is 83.5 Å². The molecule has 0 aliphatic carbocycles. The topological polar surface area (TPSA) is 95.9 Å². The standard InChI is InChI=1S/C58H99NO5/c1-4-7-10-13-16-19-22-25-28-31-34-37-40-43-46-49-54(64-58(63)51-48-45-42-39-36-33-30-27-24-21-18-15-12-9-6-3)52-57(62)59-55(53-60)56(61)50-47-44-41-38-35-32-29-26-23-20-17-14-11-8-5-2/h9,12,15-16,18-19,21,24-25,27-28,30,34,37,43,46,54-56,60-61H,4-8,10-11,13-14,17,20,22-23,26,29,31-33,35-36,38-42,44-45,47-53H2,1-3H3,(H,59,62)/b12-9+,18-15+,19-16-,24-21+,28-25-,30-27-,37-34-,46-43-. The monoisotopic (exact) mass is 890 g/mol. The Morgan fingerprint density at radius 2 is 0.938 bits per heavy atom. The number of ether oxygens (including phenoxy) is 1. The summed E-state index contributed by atoms with van der Waals surface area (Å²) in [5, 5.41) is 23.8. The summed E-state index contributed by atoms with van der Waals surface area (Å²) in [6, 6.07) is -0.742. The molecule has 0 aliphatic rings. The van der Waals surface area contributed by atoms with E-state index in [9.17, 15) is 19.8 Å². The first-order valence-electron chi connectivity index (χ1n) is 26.5. The van der Waals surface area contributed by atoms with Crippen LogP contribution < -0.4 is 5.32 Å². The quantitative estimate of drug-likeness (QED) is 0.0245. The molecule has 0 radical (unpaired) electrons. The van der Waals surface area contributed by atoms with Crippen LogP contribution in [-0.4, -0.2) is 46.9 Å². The smallest absolute Gasteiger partial charge is 0.306 e. The molecule has 366 valence electrons. The van der Waals surface area contributed by atoms with Gasteiger partial charge in [0.25, 0.3) is 0 Å². The number of esters is 1. The Morgan fingerprint density at radius 3 is 1.50 bits per heavy atom. The first-order chi connectivity index (χ1) is 31.5. The number of nitrogens with one attached hydrogen (secondary N) is 1. The Balaban J connectivity index is 4.74. The van der Waals surface area contributed by atoms with E-state index in [1.54, 1.807) is 0 Å². The minimum absolute atomic E-state index is 0.0131. The lowest BCUT2D eigenvalue weighted by atomic mass is 10.0. The molecule has 0 saturated heterocycles. The molecule has 0 aromatic carbocycles. The lowest BCUT2D eigenvalue weighted by molar-refractivity contribution is -0.150. The van der Waals surface area contributed by atoms with Gasteiger partial charge in [0.05, 0.1) is 25.2 Å². The Bertz CT molecular complexity index is 1270. The van der Waals surface area contributed by atoms with Gasteiger partial charge < -0.3 is 20.3 Å². The molecule has 0 aliphatic heterocycles. The predicted octanol–water partition coefficient (Wildman–Crippen LogP) is 16.1. The van der Waals surface area contributed by atoms with Crippen LogP contribution >= 0.6 is 0 Å². The van der Waals surface area contributed by atoms with Gasteiger partial charge in [0.15, 0.2) is 0 Å². The van der Waals surface area contributed by atoms with Crippen molar-refractivity contribution in [3.8, 4) is 0 Å². The van der Waals surface area contributed by atoms with Crippen LogP contribution in [0.25, 0.3) is 0 Å². The summed E-state index contributed by atoms with van der Waals surface area (Å²) in [4.78, 5) is 26.1. The van der Waals surface area contributed by atoms with E-state index in [4.69, 9.17) is 4.74 Å². The molecule has 0 aromatic heterocycles. The van der Waals surface area contributed by atoms with Crippen molar-refractivity contribution >= 4 is 11.9 Å². The van der Waals surface area contributed by atoms with Crippen molar-refractivity contribution < 1.29 is 24.5 Å². The second-order valence-corrected chi connectivity index (χ2v) is 17.6. The molecule has 0 rings (SSSR count). The fourth-order valence-electron chi connectivity index (χ4n) is 7.48. The van der Waals surface area contributed by atoms with Crippen LogP contribution in [0.4, 0.5) is 0 Å². The molecule has 0 saturated carbocycles. The Hall–Kier alpha value is -3.22. The summed E-state index contributed by atoms with van der Waals surface area (Å²) < 4.78 is 5.86. The lowest BCUT2D eigenvalue weighted by Gasteiger charge is -2.24. The van der Waals surface area contributed by atoms with Gasteiger partial charge in [-0.1, -0.05) is 246 Å². The minimum Gasteiger partial charge on any atom is -0.461 e. The first kappa shape index (κ1) is 60.8. The Labute approximate surface area is 395 Å². The van der Waals surface area contributed by atoms with E-state index in [-0.39, 0.29) is 24.9 Å². The number of allylic oxidation sites excluding steroid dienone is 15. The number of amides is 1. The number of carbonyl (C=O) groups is 2. The Kier molecular flexibility index (Phi) is 48.2. The highest BCUT2D eigenvalue weighted by Crippen LogP contribution is 2.16. The average Bonchev–Trinajstić information content (AvgIpc) is 3.29. The maximum Gasteiger partial charge on any atom is 0.306 e. The number of carbonyl (C=O) groups excluding carboxylic acids is 2. The number of rotatable bonds is 46. The summed E-state index contributed by atoms with van der Waals surface area (Å²) >= 11 is 0. The van der Waals surface area contributed by atoms with E-state index in [0.29, 0.717) is 19.3 Å². The van der Waals surface area contributed by atoms with Crippen LogP contribution in [0.3, 0.4) is 0 Å². The molecule has 1 amide bonds. The summed E-state index contributed by atoms with van der Waals surface area (Å²) in [5.41, 5.74) is 0. The van der Waals surface area contributed by atoms with Crippen molar-refractivity contribution in [2.24, 2.45) is 0 Å². The largest absolute Gasteiger partial charge is 0.461 e. The number of aliphatic hydroxyl groups is 2. The van der Waals surface area contributed by atoms with Crippen LogP contribution in [0.5, 0.6) is 0 Å². The summed E-state index contributed by atoms with van der Waals surface area (Å²) in [6.07, 6.45) is 67.6. The average molecular weight is 890 g/mol. The van der Waals surface area contributed by atoms with Crippen LogP contribution in [0.15, 0.2) is 97.2 Å². The van der Waals surface area contributed by atoms with Gasteiger partial charge in [-0.05, 0) is 64.2 Å². The van der Waals surface area contributed by atoms with Gasteiger partial charge in [0, 0.05) is 12.8 Å². The molecule has 0 fully saturated rings. The number of hydrogen-bond acceptors (Lipinski definition) is 5. The van der Waals surface area contributed by atoms with Crippen molar-refractivity contribution in [1.29, 1.82) is 0 Å². The van der Waals surface area contributed by atoms with Crippen molar-refractivity contribution in [3.63, 3.8) is 0 Å². The van der Waals surface area contributed by atoms with Crippen molar-refractivity contribution in [1.82, 2.24) is 5.32 Å². The van der Waals surface area contributed by atoms with Crippen LogP contribution in [0, 0.1) is 0 Å². The van der Waals surface area contributed by atoms with E-state index in [2.05, 4.69) is 92.9 Å². The summed E-state index contributed by atoms with van der Waals surface area (Å²) in [6.45, 7) is 6.29. The van der Waals surface area contributed by atoms with E-state index in [1.165, 1.54) is 103 Å². The third-order valence-electron chi connectivity index (χ3n) is 11.5. The van der Waals surface area contributed by atoms with Gasteiger partial charge in [-0.2, -0.15) is 0 Å². The first-order valence-corrected chi connectivity index (χ1v) is 26.5. The zero-order chi connectivity index (χ0) is 46.7. The van der Waals surface area contributed by atoms with Crippen LogP contribution in [0.2, 0.25) is 0 Å². The molecule has 6 heteroatoms. The zero-order valence-electron chi connectivity index (χ0n) is 41.6. The predicted molar refractivity (Wildman–Crippen MR) is 277 cm³/mol. The molecule has 0 heterocycles. The maximum atomic E-state index is 13.2. The SMILES string of the molecule is CC/C=C/C=C/C=C/C=C\CCCCCCCC(=O)OC(C/C=C\C/C=C\C/C=C\C/C=C\CCCCC)CC(=O)NC(CO)C(O)CCCCCCCCCCCCCCCCC. The Morgan fingerprint density at radius 1 is 0.500 bits per heavy atom. The van der Waals surface area contributed by atoms with Crippen LogP contribution in [0.1, 0.15) is 233 Å². The third kappa shape index (κ3) is 45.4. The highest BCUT2D eigenvalue weighted by Gasteiger charge is 2.23. The van der Waals surface area contributed by atoms with Crippen molar-refractivity contribution in [2.45, 2.75) is 251 Å². The van der Waals surface area contributed by atoms with Gasteiger partial charge in [-0.15, -0.1) is 0 Å². The van der Waals surface area contributed by atoms with Gasteiger partial charge in [-0.3, -0.25) is 9.59 Å². The molecule has 3 N–H and O–H groups in total. The molecule has 0 spiro atoms. The lowest BCUT2D eigenvalue weighted by Crippen LogP contribution is -2.46. The highest BCUT2D eigenvalue weighted by molar-refractivity contribution is 5.77. The van der Waals surface area contributed by atoms with Crippen LogP contribution in [-0.2, 0) is 14.3 Å². The number of aliphatic hydroxyl groups excluding tert-OH is 2. The molecule has 0 bridgehead atoms. The van der Waals surface area contributed by atoms with E-state index in [1.807, 2.05) is 30.4 Å². The molecular formula is C58H99NO5. The minimum atomic E-state index is -0.821. The molecular weight excluding hydrogens is 791 g/mol. The normalized spacial score (nSPS) is 14.0. The maximum absolute atomic E-state index is 13.2. The van der Waals surface area contributed by atoms with Crippen molar-refractivity contribution in [2.75, 3.05) is 6.61 Å². The van der Waals surface area contributed by atoms with E-state index >= 15 is 0 Å². The fraction of sp³-hybridized carbons (Fsp3) is 0.690. The van der Waals surface area contributed by atoms with Gasteiger partial charge in [0.1, 0.15) is 6.10 Å². The summed E-state index contributed by atoms with van der Waals surface area (Å²) in [5.74, 6) is -0.608. The second kappa shape index (κ2) is 50.8. The van der Waals surface area contributed by atoms with Crippen molar-refractivity contribution in [3.05, 3.63) is 97.2 Å². The molecule has 3 atom stereocenters. The number of hydrogen-bond donors (Lipinski definition) is 3. The summed E-state index contributed by atoms with van der Waals surface area (Å²) in [7, 11) is 0. The van der Waals surface area contributed by atoms with Gasteiger partial charge >= 0.3 is 5.97 Å². The molecule has 64 heavy (non-hydrogen) atoms.